The normalized spacial score (nSPS) is 11.4. The Morgan fingerprint density at radius 1 is 0.615 bits per heavy atom. The summed E-state index contributed by atoms with van der Waals surface area (Å²) in [6.45, 7) is 6.54. The van der Waals surface area contributed by atoms with Gasteiger partial charge in [0.2, 0.25) is 0 Å². The van der Waals surface area contributed by atoms with E-state index in [1.54, 1.807) is 36.4 Å². The number of benzene rings is 3. The Kier molecular flexibility index (Phi) is 16.7. The van der Waals surface area contributed by atoms with Gasteiger partial charge in [0.05, 0.1) is 18.4 Å². The molecule has 0 aliphatic rings. The van der Waals surface area contributed by atoms with Crippen molar-refractivity contribution < 1.29 is 60.6 Å². The molecule has 0 saturated carbocycles. The molecule has 221 valence electrons. The maximum atomic E-state index is 11.9. The first kappa shape index (κ1) is 38.1. The van der Waals surface area contributed by atoms with Crippen molar-refractivity contribution in [2.45, 2.75) is 46.1 Å². The largest absolute Gasteiger partial charge is 0.299 e. The fourth-order valence-electron chi connectivity index (χ4n) is 2.40. The molecular weight excluding hydrogens is 796 g/mol. The van der Waals surface area contributed by atoms with E-state index in [4.69, 9.17) is 4.55 Å². The number of halogens is 2. The van der Waals surface area contributed by atoms with Gasteiger partial charge in [0, 0.05) is 22.4 Å². The molecule has 3 aromatic rings. The standard InChI is InChI=1S/C15H16O6S2.C7H8O3S.C2H4Br2.Ag/c1-12-3-7-14(8-4-12)22(16,17)20-11-21-23(18,19)15-9-5-13(2)6-10-15;1-6-2-4-7(5-3-6)11(8,9)10;1-2(3)4;/h3-10H,11H2,1-2H3;2-5H,1H3,(H,8,9,10);2H,1H3;. The SMILES string of the molecule is CC(Br)Br.Cc1ccc(S(=O)(=O)O)cc1.Cc1ccc(S(=O)(=O)OCOS(=O)(=O)c2ccc(C)cc2)cc1.[Ag]. The van der Waals surface area contributed by atoms with Crippen LogP contribution in [0.1, 0.15) is 23.6 Å². The Morgan fingerprint density at radius 2 is 0.846 bits per heavy atom. The third-order valence-corrected chi connectivity index (χ3v) is 7.72. The van der Waals surface area contributed by atoms with E-state index in [0.717, 1.165) is 16.7 Å². The molecule has 0 aromatic heterocycles. The summed E-state index contributed by atoms with van der Waals surface area (Å²) in [4.78, 5) is -0.207. The molecule has 1 N–H and O–H groups in total. The van der Waals surface area contributed by atoms with Gasteiger partial charge >= 0.3 is 0 Å². The molecule has 0 aliphatic heterocycles. The Bertz CT molecular complexity index is 1400. The van der Waals surface area contributed by atoms with Crippen LogP contribution >= 0.6 is 31.9 Å². The molecule has 0 aliphatic carbocycles. The molecule has 0 fully saturated rings. The zero-order valence-corrected chi connectivity index (χ0v) is 28.3. The first-order valence-corrected chi connectivity index (χ1v) is 16.8. The van der Waals surface area contributed by atoms with Crippen molar-refractivity contribution in [1.82, 2.24) is 0 Å². The first-order valence-electron chi connectivity index (χ1n) is 10.7. The van der Waals surface area contributed by atoms with E-state index in [1.807, 2.05) is 27.7 Å². The van der Waals surface area contributed by atoms with E-state index in [9.17, 15) is 25.3 Å². The van der Waals surface area contributed by atoms with Crippen LogP contribution in [0, 0.1) is 20.8 Å². The molecule has 0 atom stereocenters. The van der Waals surface area contributed by atoms with Crippen molar-refractivity contribution in [2.75, 3.05) is 6.79 Å². The molecule has 15 heteroatoms. The van der Waals surface area contributed by atoms with Gasteiger partial charge in [-0.2, -0.15) is 25.3 Å². The van der Waals surface area contributed by atoms with Gasteiger partial charge in [-0.05, 0) is 64.1 Å². The average Bonchev–Trinajstić information content (AvgIpc) is 2.79. The zero-order chi connectivity index (χ0) is 29.1. The van der Waals surface area contributed by atoms with E-state index < -0.39 is 37.1 Å². The molecule has 3 rings (SSSR count). The number of hydrogen-bond acceptors (Lipinski definition) is 8. The minimum Gasteiger partial charge on any atom is -0.282 e. The van der Waals surface area contributed by atoms with Crippen LogP contribution in [0.4, 0.5) is 0 Å². The minimum absolute atomic E-state index is 0. The molecule has 0 spiro atoms. The molecular formula is C24H28AgBr2O9S3. The summed E-state index contributed by atoms with van der Waals surface area (Å²) < 4.78 is 86.9. The Morgan fingerprint density at radius 3 is 1.08 bits per heavy atom. The van der Waals surface area contributed by atoms with Gasteiger partial charge in [-0.3, -0.25) is 4.55 Å². The van der Waals surface area contributed by atoms with E-state index in [-0.39, 0.29) is 37.1 Å². The fraction of sp³-hybridized carbons (Fsp3) is 0.250. The van der Waals surface area contributed by atoms with Gasteiger partial charge < -0.3 is 0 Å². The van der Waals surface area contributed by atoms with Crippen LogP contribution in [-0.4, -0.2) is 40.3 Å². The molecule has 0 saturated heterocycles. The van der Waals surface area contributed by atoms with Gasteiger partial charge in [-0.1, -0.05) is 84.9 Å². The minimum atomic E-state index is -4.08. The van der Waals surface area contributed by atoms with Gasteiger partial charge in [0.1, 0.15) is 0 Å². The summed E-state index contributed by atoms with van der Waals surface area (Å²) in [7, 11) is -12.2. The van der Waals surface area contributed by atoms with Crippen LogP contribution in [0.5, 0.6) is 0 Å². The third-order valence-electron chi connectivity index (χ3n) is 4.34. The van der Waals surface area contributed by atoms with Crippen molar-refractivity contribution in [3.05, 3.63) is 89.5 Å². The smallest absolute Gasteiger partial charge is 0.282 e. The van der Waals surface area contributed by atoms with E-state index in [0.29, 0.717) is 3.74 Å². The first-order chi connectivity index (χ1) is 17.4. The van der Waals surface area contributed by atoms with Crippen molar-refractivity contribution in [2.24, 2.45) is 0 Å². The topological polar surface area (TPSA) is 141 Å². The predicted octanol–water partition coefficient (Wildman–Crippen LogP) is 5.73. The summed E-state index contributed by atoms with van der Waals surface area (Å²) in [5.74, 6) is 0. The summed E-state index contributed by atoms with van der Waals surface area (Å²) in [6, 6.07) is 17.9. The second-order valence-corrected chi connectivity index (χ2v) is 16.3. The molecule has 0 bridgehead atoms. The van der Waals surface area contributed by atoms with Gasteiger partial charge in [-0.15, -0.1) is 0 Å². The molecule has 0 amide bonds. The van der Waals surface area contributed by atoms with E-state index in [2.05, 4.69) is 40.2 Å². The third kappa shape index (κ3) is 15.0. The van der Waals surface area contributed by atoms with Crippen molar-refractivity contribution >= 4 is 62.2 Å². The number of rotatable bonds is 7. The van der Waals surface area contributed by atoms with E-state index in [1.165, 1.54) is 36.4 Å². The molecule has 9 nitrogen and oxygen atoms in total. The monoisotopic (exact) mass is 821 g/mol. The second-order valence-electron chi connectivity index (χ2n) is 7.69. The van der Waals surface area contributed by atoms with Crippen LogP contribution in [0.25, 0.3) is 0 Å². The average molecular weight is 824 g/mol. The van der Waals surface area contributed by atoms with Crippen LogP contribution < -0.4 is 0 Å². The number of hydrogen-bond donors (Lipinski definition) is 1. The number of alkyl halides is 2. The van der Waals surface area contributed by atoms with Gasteiger partial charge in [-0.25, -0.2) is 8.37 Å². The van der Waals surface area contributed by atoms with E-state index >= 15 is 0 Å². The Labute approximate surface area is 263 Å². The predicted molar refractivity (Wildman–Crippen MR) is 152 cm³/mol. The van der Waals surface area contributed by atoms with Crippen LogP contribution in [0.15, 0.2) is 87.5 Å². The van der Waals surface area contributed by atoms with Gasteiger partial charge in [0.15, 0.2) is 6.79 Å². The summed E-state index contributed by atoms with van der Waals surface area (Å²) in [5, 5.41) is 0. The van der Waals surface area contributed by atoms with Crippen LogP contribution in [0.2, 0.25) is 0 Å². The summed E-state index contributed by atoms with van der Waals surface area (Å²) >= 11 is 6.38. The maximum Gasteiger partial charge on any atom is 0.299 e. The molecule has 1 radical (unpaired) electrons. The van der Waals surface area contributed by atoms with Gasteiger partial charge in [0.25, 0.3) is 30.4 Å². The Hall–Kier alpha value is -0.910. The molecule has 3 aromatic carbocycles. The Balaban J connectivity index is 0.000000752. The van der Waals surface area contributed by atoms with Crippen LogP contribution in [-0.2, 0) is 61.1 Å². The zero-order valence-electron chi connectivity index (χ0n) is 21.2. The molecule has 0 unspecified atom stereocenters. The summed E-state index contributed by atoms with van der Waals surface area (Å²) in [5.41, 5.74) is 2.74. The van der Waals surface area contributed by atoms with Crippen molar-refractivity contribution in [3.8, 4) is 0 Å². The second kappa shape index (κ2) is 17.1. The quantitative estimate of drug-likeness (QED) is 0.104. The molecule has 0 heterocycles. The number of aryl methyl sites for hydroxylation is 3. The fourth-order valence-corrected chi connectivity index (χ4v) is 4.50. The summed E-state index contributed by atoms with van der Waals surface area (Å²) in [6.07, 6.45) is 0. The molecule has 39 heavy (non-hydrogen) atoms. The maximum absolute atomic E-state index is 11.9. The van der Waals surface area contributed by atoms with Crippen LogP contribution in [0.3, 0.4) is 0 Å². The van der Waals surface area contributed by atoms with Crippen molar-refractivity contribution in [3.63, 3.8) is 0 Å². The van der Waals surface area contributed by atoms with Crippen molar-refractivity contribution in [1.29, 1.82) is 0 Å².